The third-order valence-electron chi connectivity index (χ3n) is 2.88. The molecule has 6 nitrogen and oxygen atoms in total. The Morgan fingerprint density at radius 1 is 1.15 bits per heavy atom. The second kappa shape index (κ2) is 5.00. The summed E-state index contributed by atoms with van der Waals surface area (Å²) in [6, 6.07) is 12.1. The van der Waals surface area contributed by atoms with E-state index in [1.165, 1.54) is 6.07 Å². The number of rotatable bonds is 4. The molecule has 2 N–H and O–H groups in total. The van der Waals surface area contributed by atoms with Crippen molar-refractivity contribution in [3.63, 3.8) is 0 Å². The van der Waals surface area contributed by atoms with Crippen LogP contribution < -0.4 is 4.74 Å². The van der Waals surface area contributed by atoms with Crippen LogP contribution in [-0.4, -0.2) is 32.9 Å². The van der Waals surface area contributed by atoms with Gasteiger partial charge in [-0.2, -0.15) is 15.4 Å². The minimum Gasteiger partial charge on any atom is -0.505 e. The van der Waals surface area contributed by atoms with Crippen LogP contribution in [0.3, 0.4) is 0 Å². The van der Waals surface area contributed by atoms with Gasteiger partial charge in [0, 0.05) is 0 Å². The summed E-state index contributed by atoms with van der Waals surface area (Å²) >= 11 is 0. The van der Waals surface area contributed by atoms with Crippen molar-refractivity contribution in [3.8, 4) is 11.5 Å². The molecule has 0 fully saturated rings. The molecule has 2 aromatic carbocycles. The molecule has 20 heavy (non-hydrogen) atoms. The first-order chi connectivity index (χ1) is 9.75. The fourth-order valence-corrected chi connectivity index (χ4v) is 1.87. The number of hydrogen-bond acceptors (Lipinski definition) is 5. The van der Waals surface area contributed by atoms with Gasteiger partial charge in [-0.3, -0.25) is 4.79 Å². The highest BCUT2D eigenvalue weighted by Crippen LogP contribution is 2.26. The number of H-pyrrole nitrogens is 1. The Labute approximate surface area is 114 Å². The zero-order valence-corrected chi connectivity index (χ0v) is 10.4. The highest BCUT2D eigenvalue weighted by molar-refractivity contribution is 6.03. The normalized spacial score (nSPS) is 10.6. The zero-order valence-electron chi connectivity index (χ0n) is 10.4. The van der Waals surface area contributed by atoms with Crippen molar-refractivity contribution in [1.82, 2.24) is 15.4 Å². The number of carbonyl (C=O) groups is 1. The van der Waals surface area contributed by atoms with E-state index < -0.39 is 0 Å². The maximum absolute atomic E-state index is 12.1. The van der Waals surface area contributed by atoms with Gasteiger partial charge in [-0.15, -0.1) is 0 Å². The van der Waals surface area contributed by atoms with Crippen molar-refractivity contribution in [1.29, 1.82) is 0 Å². The largest absolute Gasteiger partial charge is 0.505 e. The molecule has 0 saturated heterocycles. The van der Waals surface area contributed by atoms with E-state index in [1.54, 1.807) is 18.2 Å². The Hall–Kier alpha value is -2.89. The van der Waals surface area contributed by atoms with Crippen molar-refractivity contribution in [2.45, 2.75) is 0 Å². The molecule has 100 valence electrons. The molecule has 3 aromatic rings. The summed E-state index contributed by atoms with van der Waals surface area (Å²) in [7, 11) is 0. The van der Waals surface area contributed by atoms with Crippen molar-refractivity contribution in [2.75, 3.05) is 6.61 Å². The summed E-state index contributed by atoms with van der Waals surface area (Å²) in [6.07, 6.45) is 0. The number of aromatic nitrogens is 3. The Morgan fingerprint density at radius 3 is 2.75 bits per heavy atom. The lowest BCUT2D eigenvalue weighted by Gasteiger charge is -2.06. The summed E-state index contributed by atoms with van der Waals surface area (Å²) in [5.74, 6) is 0.0945. The van der Waals surface area contributed by atoms with Gasteiger partial charge in [-0.05, 0) is 24.3 Å². The number of nitrogens with one attached hydrogen (secondary N) is 1. The molecule has 0 spiro atoms. The lowest BCUT2D eigenvalue weighted by Crippen LogP contribution is -2.11. The summed E-state index contributed by atoms with van der Waals surface area (Å²) < 4.78 is 5.37. The second-order valence-electron chi connectivity index (χ2n) is 4.18. The first-order valence-corrected chi connectivity index (χ1v) is 5.99. The number of ketones is 1. The van der Waals surface area contributed by atoms with E-state index in [-0.39, 0.29) is 29.2 Å². The third-order valence-corrected chi connectivity index (χ3v) is 2.88. The number of nitrogens with zero attached hydrogens (tertiary/aromatic N) is 2. The molecular formula is C14H11N3O3. The van der Waals surface area contributed by atoms with Gasteiger partial charge in [-0.25, -0.2) is 0 Å². The van der Waals surface area contributed by atoms with Gasteiger partial charge in [0.2, 0.25) is 5.78 Å². The molecule has 0 unspecified atom stereocenters. The Balaban J connectivity index is 1.80. The number of phenolic OH excluding ortho intramolecular Hbond substituents is 1. The van der Waals surface area contributed by atoms with Gasteiger partial charge in [0.15, 0.2) is 17.9 Å². The maximum Gasteiger partial charge on any atom is 0.203 e. The number of Topliss-reactive ketones (excluding diaryl/α,β-unsaturated/α-hetero) is 1. The number of carbonyl (C=O) groups excluding carboxylic acids is 1. The summed E-state index contributed by atoms with van der Waals surface area (Å²) in [6.45, 7) is -0.152. The summed E-state index contributed by atoms with van der Waals surface area (Å²) in [5.41, 5.74) is 0.945. The van der Waals surface area contributed by atoms with Gasteiger partial charge >= 0.3 is 0 Å². The summed E-state index contributed by atoms with van der Waals surface area (Å²) in [5, 5.41) is 20.0. The number of aromatic hydroxyl groups is 1. The van der Waals surface area contributed by atoms with Crippen LogP contribution in [0.15, 0.2) is 42.5 Å². The van der Waals surface area contributed by atoms with Crippen molar-refractivity contribution in [3.05, 3.63) is 48.0 Å². The molecule has 0 atom stereocenters. The molecule has 1 aromatic heterocycles. The molecule has 1 heterocycles. The average molecular weight is 269 g/mol. The third kappa shape index (κ3) is 2.18. The van der Waals surface area contributed by atoms with Gasteiger partial charge in [0.05, 0.1) is 5.56 Å². The molecule has 0 aliphatic rings. The van der Waals surface area contributed by atoms with E-state index in [0.29, 0.717) is 11.3 Å². The predicted molar refractivity (Wildman–Crippen MR) is 71.8 cm³/mol. The highest BCUT2D eigenvalue weighted by atomic mass is 16.5. The minimum atomic E-state index is -0.323. The van der Waals surface area contributed by atoms with Crippen LogP contribution in [0.5, 0.6) is 11.5 Å². The molecule has 0 bridgehead atoms. The van der Waals surface area contributed by atoms with E-state index in [0.717, 1.165) is 0 Å². The lowest BCUT2D eigenvalue weighted by atomic mass is 10.1. The number of phenols is 1. The van der Waals surface area contributed by atoms with Crippen LogP contribution in [0.4, 0.5) is 0 Å². The van der Waals surface area contributed by atoms with Crippen LogP contribution in [0, 0.1) is 0 Å². The van der Waals surface area contributed by atoms with E-state index >= 15 is 0 Å². The maximum atomic E-state index is 12.1. The quantitative estimate of drug-likeness (QED) is 0.706. The standard InChI is InChI=1S/C14H11N3O3/c18-12(8-20-9-4-2-1-3-5-9)10-6-7-11-13(14(10)19)16-17-15-11/h1-7,19H,8H2,(H,15,16,17). The van der Waals surface area contributed by atoms with Crippen LogP contribution in [0.2, 0.25) is 0 Å². The molecule has 6 heteroatoms. The van der Waals surface area contributed by atoms with E-state index in [1.807, 2.05) is 18.2 Å². The number of para-hydroxylation sites is 1. The number of ether oxygens (including phenoxy) is 1. The first-order valence-electron chi connectivity index (χ1n) is 5.99. The number of aromatic amines is 1. The minimum absolute atomic E-state index is 0.152. The fourth-order valence-electron chi connectivity index (χ4n) is 1.87. The molecule has 0 radical (unpaired) electrons. The molecular weight excluding hydrogens is 258 g/mol. The lowest BCUT2D eigenvalue weighted by molar-refractivity contribution is 0.0919. The summed E-state index contributed by atoms with van der Waals surface area (Å²) in [4.78, 5) is 12.1. The second-order valence-corrected chi connectivity index (χ2v) is 4.18. The molecule has 0 aliphatic heterocycles. The van der Waals surface area contributed by atoms with Gasteiger partial charge in [0.25, 0.3) is 0 Å². The Kier molecular flexibility index (Phi) is 3.04. The Morgan fingerprint density at radius 2 is 1.95 bits per heavy atom. The molecule has 3 rings (SSSR count). The average Bonchev–Trinajstić information content (AvgIpc) is 2.96. The van der Waals surface area contributed by atoms with E-state index in [4.69, 9.17) is 4.74 Å². The fraction of sp³-hybridized carbons (Fsp3) is 0.0714. The van der Waals surface area contributed by atoms with Gasteiger partial charge in [0.1, 0.15) is 11.3 Å². The van der Waals surface area contributed by atoms with Crippen LogP contribution in [-0.2, 0) is 0 Å². The van der Waals surface area contributed by atoms with E-state index in [9.17, 15) is 9.90 Å². The van der Waals surface area contributed by atoms with Crippen molar-refractivity contribution < 1.29 is 14.6 Å². The smallest absolute Gasteiger partial charge is 0.203 e. The van der Waals surface area contributed by atoms with Crippen molar-refractivity contribution >= 4 is 16.8 Å². The van der Waals surface area contributed by atoms with E-state index in [2.05, 4.69) is 15.4 Å². The van der Waals surface area contributed by atoms with Gasteiger partial charge < -0.3 is 9.84 Å². The molecule has 0 aliphatic carbocycles. The van der Waals surface area contributed by atoms with Crippen LogP contribution in [0.1, 0.15) is 10.4 Å². The Bertz CT molecular complexity index is 753. The molecule has 0 saturated carbocycles. The first kappa shape index (κ1) is 12.2. The zero-order chi connectivity index (χ0) is 13.9. The van der Waals surface area contributed by atoms with Gasteiger partial charge in [-0.1, -0.05) is 18.2 Å². The van der Waals surface area contributed by atoms with Crippen LogP contribution >= 0.6 is 0 Å². The highest BCUT2D eigenvalue weighted by Gasteiger charge is 2.16. The number of benzene rings is 2. The van der Waals surface area contributed by atoms with Crippen LogP contribution in [0.25, 0.3) is 11.0 Å². The number of fused-ring (bicyclic) bond motifs is 1. The topological polar surface area (TPSA) is 88.1 Å². The number of hydrogen-bond donors (Lipinski definition) is 2. The monoisotopic (exact) mass is 269 g/mol. The SMILES string of the molecule is O=C(COc1ccccc1)c1ccc2n[nH]nc2c1O. The molecule has 0 amide bonds. The van der Waals surface area contributed by atoms with Crippen molar-refractivity contribution in [2.24, 2.45) is 0 Å². The predicted octanol–water partition coefficient (Wildman–Crippen LogP) is 1.93.